The Bertz CT molecular complexity index is 545. The van der Waals surface area contributed by atoms with Crippen LogP contribution in [0.4, 0.5) is 5.00 Å². The van der Waals surface area contributed by atoms with E-state index in [2.05, 4.69) is 14.9 Å². The minimum atomic E-state index is -0.0312. The van der Waals surface area contributed by atoms with Gasteiger partial charge in [-0.1, -0.05) is 10.6 Å². The molecule has 1 aromatic carbocycles. The molecule has 2 rings (SSSR count). The largest absolute Gasteiger partial charge is 0.493 e. The molecule has 0 amide bonds. The molecular weight excluding hydrogens is 266 g/mol. The van der Waals surface area contributed by atoms with E-state index in [9.17, 15) is 0 Å². The lowest BCUT2D eigenvalue weighted by molar-refractivity contribution is 0.272. The van der Waals surface area contributed by atoms with Crippen molar-refractivity contribution in [2.24, 2.45) is 0 Å². The lowest BCUT2D eigenvalue weighted by Crippen LogP contribution is -2.01. The van der Waals surface area contributed by atoms with Crippen molar-refractivity contribution in [3.63, 3.8) is 0 Å². The highest BCUT2D eigenvalue weighted by molar-refractivity contribution is 7.10. The zero-order valence-corrected chi connectivity index (χ0v) is 11.5. The van der Waals surface area contributed by atoms with Crippen LogP contribution in [0.5, 0.6) is 11.5 Å². The number of nitrogens with one attached hydrogen (secondary N) is 1. The van der Waals surface area contributed by atoms with E-state index in [0.29, 0.717) is 18.1 Å². The molecule has 0 aliphatic carbocycles. The highest BCUT2D eigenvalue weighted by Crippen LogP contribution is 2.29. The van der Waals surface area contributed by atoms with E-state index in [-0.39, 0.29) is 6.61 Å². The van der Waals surface area contributed by atoms with Crippen LogP contribution >= 0.6 is 11.5 Å². The Balaban J connectivity index is 2.11. The molecule has 0 aliphatic heterocycles. The van der Waals surface area contributed by atoms with Crippen molar-refractivity contribution in [3.8, 4) is 11.5 Å². The molecule has 0 spiro atoms. The van der Waals surface area contributed by atoms with E-state index in [4.69, 9.17) is 14.6 Å². The van der Waals surface area contributed by atoms with Gasteiger partial charge in [0, 0.05) is 18.6 Å². The monoisotopic (exact) mass is 281 g/mol. The van der Waals surface area contributed by atoms with Crippen molar-refractivity contribution in [3.05, 3.63) is 29.5 Å². The van der Waals surface area contributed by atoms with Gasteiger partial charge in [-0.3, -0.25) is 0 Å². The van der Waals surface area contributed by atoms with Crippen LogP contribution in [-0.4, -0.2) is 28.9 Å². The first-order valence-corrected chi connectivity index (χ1v) is 6.45. The molecule has 6 nitrogen and oxygen atoms in total. The summed E-state index contributed by atoms with van der Waals surface area (Å²) in [6.45, 7) is 0.276. The molecule has 0 bridgehead atoms. The Hall–Kier alpha value is -1.86. The molecule has 0 unspecified atom stereocenters. The molecular formula is C12H15N3O3S. The Morgan fingerprint density at radius 3 is 2.89 bits per heavy atom. The van der Waals surface area contributed by atoms with Gasteiger partial charge >= 0.3 is 0 Å². The number of nitrogens with zero attached hydrogens (tertiary/aromatic N) is 2. The third kappa shape index (κ3) is 3.12. The summed E-state index contributed by atoms with van der Waals surface area (Å²) in [5.41, 5.74) is 1.52. The molecule has 19 heavy (non-hydrogen) atoms. The second-order valence-corrected chi connectivity index (χ2v) is 4.48. The summed E-state index contributed by atoms with van der Waals surface area (Å²) in [6.07, 6.45) is 0. The summed E-state index contributed by atoms with van der Waals surface area (Å²) in [7, 11) is 3.38. The number of hydrogen-bond acceptors (Lipinski definition) is 7. The Kier molecular flexibility index (Phi) is 4.53. The Labute approximate surface area is 115 Å². The smallest absolute Gasteiger partial charge is 0.161 e. The molecule has 0 aliphatic rings. The quantitative estimate of drug-likeness (QED) is 0.838. The van der Waals surface area contributed by atoms with Crippen LogP contribution in [0.1, 0.15) is 11.3 Å². The first-order chi connectivity index (χ1) is 9.28. The van der Waals surface area contributed by atoms with Crippen molar-refractivity contribution in [2.45, 2.75) is 13.2 Å². The molecule has 7 heteroatoms. The van der Waals surface area contributed by atoms with Crippen molar-refractivity contribution in [1.29, 1.82) is 0 Å². The van der Waals surface area contributed by atoms with Crippen LogP contribution in [-0.2, 0) is 13.2 Å². The second kappa shape index (κ2) is 6.35. The number of aromatic nitrogens is 2. The van der Waals surface area contributed by atoms with Gasteiger partial charge in [-0.2, -0.15) is 0 Å². The topological polar surface area (TPSA) is 76.5 Å². The van der Waals surface area contributed by atoms with Gasteiger partial charge in [0.1, 0.15) is 17.3 Å². The summed E-state index contributed by atoms with van der Waals surface area (Å²) in [5.74, 6) is 1.19. The molecule has 1 heterocycles. The highest BCUT2D eigenvalue weighted by atomic mass is 32.1. The molecule has 1 aromatic heterocycles. The maximum atomic E-state index is 9.08. The summed E-state index contributed by atoms with van der Waals surface area (Å²) in [5, 5.41) is 17.0. The van der Waals surface area contributed by atoms with Gasteiger partial charge < -0.3 is 19.9 Å². The number of anilines is 1. The van der Waals surface area contributed by atoms with Crippen molar-refractivity contribution in [2.75, 3.05) is 19.5 Å². The fourth-order valence-corrected chi connectivity index (χ4v) is 2.09. The third-order valence-corrected chi connectivity index (χ3v) is 3.34. The first-order valence-electron chi connectivity index (χ1n) is 5.68. The summed E-state index contributed by atoms with van der Waals surface area (Å²) in [6, 6.07) is 5.30. The van der Waals surface area contributed by atoms with E-state index in [1.807, 2.05) is 7.05 Å². The van der Waals surface area contributed by atoms with Crippen LogP contribution in [0.3, 0.4) is 0 Å². The molecule has 2 N–H and O–H groups in total. The molecule has 102 valence electrons. The van der Waals surface area contributed by atoms with Crippen molar-refractivity contribution >= 4 is 16.5 Å². The molecule has 0 fully saturated rings. The average Bonchev–Trinajstić information content (AvgIpc) is 2.92. The fraction of sp³-hybridized carbons (Fsp3) is 0.333. The van der Waals surface area contributed by atoms with Gasteiger partial charge in [0.05, 0.1) is 13.7 Å². The zero-order chi connectivity index (χ0) is 13.7. The van der Waals surface area contributed by atoms with Crippen LogP contribution in [0.15, 0.2) is 18.2 Å². The van der Waals surface area contributed by atoms with E-state index in [0.717, 1.165) is 16.3 Å². The molecule has 0 saturated heterocycles. The maximum Gasteiger partial charge on any atom is 0.161 e. The van der Waals surface area contributed by atoms with Gasteiger partial charge in [-0.25, -0.2) is 0 Å². The number of aliphatic hydroxyl groups excluding tert-OH is 1. The average molecular weight is 281 g/mol. The molecule has 0 atom stereocenters. The number of hydrogen-bond donors (Lipinski definition) is 2. The van der Waals surface area contributed by atoms with E-state index in [1.54, 1.807) is 25.3 Å². The number of methoxy groups -OCH3 is 1. The van der Waals surface area contributed by atoms with Crippen LogP contribution in [0, 0.1) is 0 Å². The maximum absolute atomic E-state index is 9.08. The van der Waals surface area contributed by atoms with E-state index >= 15 is 0 Å². The fourth-order valence-electron chi connectivity index (χ4n) is 1.57. The lowest BCUT2D eigenvalue weighted by Gasteiger charge is -2.11. The van der Waals surface area contributed by atoms with Crippen molar-refractivity contribution < 1.29 is 14.6 Å². The van der Waals surface area contributed by atoms with Crippen LogP contribution in [0.2, 0.25) is 0 Å². The highest BCUT2D eigenvalue weighted by Gasteiger charge is 2.10. The standard InChI is InChI=1S/C12H15N3O3S/c1-13-12-9(14-15-19-12)7-18-10-4-3-8(6-16)5-11(10)17-2/h3-5,13,16H,6-7H2,1-2H3. The van der Waals surface area contributed by atoms with E-state index in [1.165, 1.54) is 11.5 Å². The normalized spacial score (nSPS) is 10.3. The lowest BCUT2D eigenvalue weighted by atomic mass is 10.2. The van der Waals surface area contributed by atoms with Crippen LogP contribution < -0.4 is 14.8 Å². The minimum absolute atomic E-state index is 0.0312. The van der Waals surface area contributed by atoms with Crippen LogP contribution in [0.25, 0.3) is 0 Å². The molecule has 0 saturated carbocycles. The first kappa shape index (κ1) is 13.6. The van der Waals surface area contributed by atoms with Crippen molar-refractivity contribution in [1.82, 2.24) is 9.59 Å². The molecule has 2 aromatic rings. The SMILES string of the molecule is CNc1snnc1COc1ccc(CO)cc1OC. The third-order valence-electron chi connectivity index (χ3n) is 2.56. The number of rotatable bonds is 6. The predicted octanol–water partition coefficient (Wildman–Crippen LogP) is 1.66. The van der Waals surface area contributed by atoms with Gasteiger partial charge in [-0.15, -0.1) is 5.10 Å². The van der Waals surface area contributed by atoms with E-state index < -0.39 is 0 Å². The van der Waals surface area contributed by atoms with Gasteiger partial charge in [-0.05, 0) is 17.7 Å². The van der Waals surface area contributed by atoms with Gasteiger partial charge in [0.2, 0.25) is 0 Å². The Morgan fingerprint density at radius 2 is 2.21 bits per heavy atom. The predicted molar refractivity (Wildman–Crippen MR) is 72.7 cm³/mol. The molecule has 0 radical (unpaired) electrons. The minimum Gasteiger partial charge on any atom is -0.493 e. The summed E-state index contributed by atoms with van der Waals surface area (Å²) in [4.78, 5) is 0. The van der Waals surface area contributed by atoms with Gasteiger partial charge in [0.25, 0.3) is 0 Å². The number of ether oxygens (including phenoxy) is 2. The number of benzene rings is 1. The number of aliphatic hydroxyl groups is 1. The second-order valence-electron chi connectivity index (χ2n) is 3.73. The van der Waals surface area contributed by atoms with Gasteiger partial charge in [0.15, 0.2) is 11.5 Å². The summed E-state index contributed by atoms with van der Waals surface area (Å²) >= 11 is 1.28. The Morgan fingerprint density at radius 1 is 1.37 bits per heavy atom. The zero-order valence-electron chi connectivity index (χ0n) is 10.7. The summed E-state index contributed by atoms with van der Waals surface area (Å²) < 4.78 is 14.8.